The van der Waals surface area contributed by atoms with Gasteiger partial charge in [-0.3, -0.25) is 9.59 Å². The molecule has 2 fully saturated rings. The first-order chi connectivity index (χ1) is 11.1. The number of rotatable bonds is 3. The van der Waals surface area contributed by atoms with Crippen LogP contribution in [-0.2, 0) is 9.59 Å². The zero-order valence-corrected chi connectivity index (χ0v) is 14.0. The molecule has 1 aromatic carbocycles. The minimum Gasteiger partial charge on any atom is -0.353 e. The number of hydrogen-bond donors (Lipinski definition) is 1. The van der Waals surface area contributed by atoms with E-state index in [1.165, 1.54) is 25.7 Å². The smallest absolute Gasteiger partial charge is 0.227 e. The number of benzene rings is 1. The van der Waals surface area contributed by atoms with Gasteiger partial charge in [-0.25, -0.2) is 0 Å². The first kappa shape index (κ1) is 16.3. The highest BCUT2D eigenvalue weighted by Gasteiger charge is 2.35. The molecule has 0 unspecified atom stereocenters. The number of hydrogen-bond acceptors (Lipinski definition) is 2. The molecular weight excluding hydrogens is 312 g/mol. The molecule has 0 bridgehead atoms. The van der Waals surface area contributed by atoms with Crippen LogP contribution in [0.3, 0.4) is 0 Å². The molecule has 2 amide bonds. The van der Waals surface area contributed by atoms with E-state index in [1.54, 1.807) is 17.0 Å². The van der Waals surface area contributed by atoms with E-state index in [-0.39, 0.29) is 23.8 Å². The van der Waals surface area contributed by atoms with Gasteiger partial charge >= 0.3 is 0 Å². The first-order valence-electron chi connectivity index (χ1n) is 8.50. The predicted molar refractivity (Wildman–Crippen MR) is 91.5 cm³/mol. The van der Waals surface area contributed by atoms with Crippen LogP contribution in [0.5, 0.6) is 0 Å². The van der Waals surface area contributed by atoms with Gasteiger partial charge in [-0.15, -0.1) is 0 Å². The normalized spacial score (nSPS) is 22.9. The molecule has 23 heavy (non-hydrogen) atoms. The van der Waals surface area contributed by atoms with Crippen molar-refractivity contribution >= 4 is 29.1 Å². The predicted octanol–water partition coefficient (Wildman–Crippen LogP) is 3.53. The van der Waals surface area contributed by atoms with Gasteiger partial charge in [0.15, 0.2) is 0 Å². The molecule has 1 saturated heterocycles. The fourth-order valence-corrected chi connectivity index (χ4v) is 3.62. The lowest BCUT2D eigenvalue weighted by atomic mass is 10.0. The van der Waals surface area contributed by atoms with Gasteiger partial charge in [-0.2, -0.15) is 0 Å². The van der Waals surface area contributed by atoms with Crippen LogP contribution in [0.1, 0.15) is 44.9 Å². The van der Waals surface area contributed by atoms with Crippen molar-refractivity contribution in [2.45, 2.75) is 51.0 Å². The quantitative estimate of drug-likeness (QED) is 0.860. The highest BCUT2D eigenvalue weighted by Crippen LogP contribution is 2.27. The lowest BCUT2D eigenvalue weighted by Crippen LogP contribution is -2.39. The number of nitrogens with zero attached hydrogens (tertiary/aromatic N) is 1. The van der Waals surface area contributed by atoms with Crippen molar-refractivity contribution < 1.29 is 9.59 Å². The summed E-state index contributed by atoms with van der Waals surface area (Å²) in [5.41, 5.74) is 0.809. The summed E-state index contributed by atoms with van der Waals surface area (Å²) in [6.45, 7) is 0.457. The van der Waals surface area contributed by atoms with Crippen molar-refractivity contribution in [3.63, 3.8) is 0 Å². The van der Waals surface area contributed by atoms with Gasteiger partial charge in [0, 0.05) is 29.7 Å². The Morgan fingerprint density at radius 2 is 1.74 bits per heavy atom. The Morgan fingerprint density at radius 1 is 1.09 bits per heavy atom. The van der Waals surface area contributed by atoms with Crippen molar-refractivity contribution in [2.75, 3.05) is 11.4 Å². The molecule has 0 spiro atoms. The Labute approximate surface area is 142 Å². The fraction of sp³-hybridized carbons (Fsp3) is 0.556. The molecule has 5 heteroatoms. The lowest BCUT2D eigenvalue weighted by Gasteiger charge is -2.20. The van der Waals surface area contributed by atoms with E-state index in [0.29, 0.717) is 18.0 Å². The molecule has 2 aliphatic rings. The standard InChI is InChI=1S/C18H23ClN2O2/c19-14-7-9-16(10-8-14)21-12-13(11-17(21)22)18(23)20-15-5-3-1-2-4-6-15/h7-10,13,15H,1-6,11-12H2,(H,20,23)/t13-/m0/s1. The molecule has 1 heterocycles. The maximum Gasteiger partial charge on any atom is 0.227 e. The van der Waals surface area contributed by atoms with Gasteiger partial charge < -0.3 is 10.2 Å². The third-order valence-corrected chi connectivity index (χ3v) is 5.09. The van der Waals surface area contributed by atoms with E-state index < -0.39 is 0 Å². The molecule has 1 saturated carbocycles. The second-order valence-corrected chi connectivity index (χ2v) is 7.02. The molecule has 4 nitrogen and oxygen atoms in total. The van der Waals surface area contributed by atoms with E-state index in [4.69, 9.17) is 11.6 Å². The summed E-state index contributed by atoms with van der Waals surface area (Å²) in [5, 5.41) is 3.81. The fourth-order valence-electron chi connectivity index (χ4n) is 3.50. The minimum absolute atomic E-state index is 0.00772. The number of amides is 2. The maximum absolute atomic E-state index is 12.5. The summed E-state index contributed by atoms with van der Waals surface area (Å²) in [6, 6.07) is 7.47. The molecule has 1 atom stereocenters. The van der Waals surface area contributed by atoms with Gasteiger partial charge in [-0.1, -0.05) is 37.3 Å². The monoisotopic (exact) mass is 334 g/mol. The topological polar surface area (TPSA) is 49.4 Å². The number of halogens is 1. The van der Waals surface area contributed by atoms with Crippen LogP contribution in [0.25, 0.3) is 0 Å². The number of nitrogens with one attached hydrogen (secondary N) is 1. The Hall–Kier alpha value is -1.55. The van der Waals surface area contributed by atoms with E-state index in [0.717, 1.165) is 18.5 Å². The highest BCUT2D eigenvalue weighted by molar-refractivity contribution is 6.30. The average molecular weight is 335 g/mol. The summed E-state index contributed by atoms with van der Waals surface area (Å²) < 4.78 is 0. The summed E-state index contributed by atoms with van der Waals surface area (Å²) in [4.78, 5) is 26.4. The molecule has 124 valence electrons. The Morgan fingerprint density at radius 3 is 2.39 bits per heavy atom. The molecule has 0 radical (unpaired) electrons. The largest absolute Gasteiger partial charge is 0.353 e. The molecule has 3 rings (SSSR count). The third-order valence-electron chi connectivity index (χ3n) is 4.84. The summed E-state index contributed by atoms with van der Waals surface area (Å²) in [5.74, 6) is -0.212. The molecule has 0 aromatic heterocycles. The van der Waals surface area contributed by atoms with Crippen molar-refractivity contribution in [2.24, 2.45) is 5.92 Å². The van der Waals surface area contributed by atoms with Crippen LogP contribution >= 0.6 is 11.6 Å². The van der Waals surface area contributed by atoms with Gasteiger partial charge in [0.25, 0.3) is 0 Å². The minimum atomic E-state index is -0.249. The van der Waals surface area contributed by atoms with Gasteiger partial charge in [0.05, 0.1) is 5.92 Å². The third kappa shape index (κ3) is 4.05. The van der Waals surface area contributed by atoms with Crippen molar-refractivity contribution in [1.82, 2.24) is 5.32 Å². The average Bonchev–Trinajstić information content (AvgIpc) is 2.76. The highest BCUT2D eigenvalue weighted by atomic mass is 35.5. The lowest BCUT2D eigenvalue weighted by molar-refractivity contribution is -0.127. The molecule has 1 aromatic rings. The van der Waals surface area contributed by atoms with E-state index >= 15 is 0 Å². The van der Waals surface area contributed by atoms with Crippen LogP contribution < -0.4 is 10.2 Å². The summed E-state index contributed by atoms with van der Waals surface area (Å²) >= 11 is 5.89. The van der Waals surface area contributed by atoms with Crippen molar-refractivity contribution in [3.8, 4) is 0 Å². The zero-order chi connectivity index (χ0) is 16.2. The van der Waals surface area contributed by atoms with Crippen molar-refractivity contribution in [3.05, 3.63) is 29.3 Å². The SMILES string of the molecule is O=C(NC1CCCCCC1)[C@H]1CC(=O)N(c2ccc(Cl)cc2)C1. The summed E-state index contributed by atoms with van der Waals surface area (Å²) in [6.07, 6.45) is 7.32. The molecule has 1 aliphatic carbocycles. The Bertz CT molecular complexity index is 565. The van der Waals surface area contributed by atoms with Gasteiger partial charge in [0.1, 0.15) is 0 Å². The first-order valence-corrected chi connectivity index (χ1v) is 8.87. The van der Waals surface area contributed by atoms with Gasteiger partial charge in [-0.05, 0) is 37.1 Å². The van der Waals surface area contributed by atoms with Crippen LogP contribution in [0.15, 0.2) is 24.3 Å². The molecular formula is C18H23ClN2O2. The van der Waals surface area contributed by atoms with Crippen LogP contribution in [0, 0.1) is 5.92 Å². The molecule has 1 aliphatic heterocycles. The van der Waals surface area contributed by atoms with Crippen LogP contribution in [-0.4, -0.2) is 24.4 Å². The Balaban J connectivity index is 1.60. The Kier molecular flexibility index (Phi) is 5.21. The van der Waals surface area contributed by atoms with Gasteiger partial charge in [0.2, 0.25) is 11.8 Å². The van der Waals surface area contributed by atoms with E-state index in [1.807, 2.05) is 12.1 Å². The zero-order valence-electron chi connectivity index (χ0n) is 13.3. The second kappa shape index (κ2) is 7.35. The second-order valence-electron chi connectivity index (χ2n) is 6.58. The van der Waals surface area contributed by atoms with E-state index in [2.05, 4.69) is 5.32 Å². The van der Waals surface area contributed by atoms with Crippen molar-refractivity contribution in [1.29, 1.82) is 0 Å². The molecule has 1 N–H and O–H groups in total. The van der Waals surface area contributed by atoms with Crippen LogP contribution in [0.2, 0.25) is 5.02 Å². The number of anilines is 1. The number of carbonyl (C=O) groups excluding carboxylic acids is 2. The van der Waals surface area contributed by atoms with E-state index in [9.17, 15) is 9.59 Å². The maximum atomic E-state index is 12.5. The van der Waals surface area contributed by atoms with Crippen LogP contribution in [0.4, 0.5) is 5.69 Å². The number of carbonyl (C=O) groups is 2. The summed E-state index contributed by atoms with van der Waals surface area (Å²) in [7, 11) is 0.